The van der Waals surface area contributed by atoms with E-state index in [9.17, 15) is 4.79 Å². The Balaban J connectivity index is 1.45. The minimum atomic E-state index is -0.161. The Morgan fingerprint density at radius 1 is 1.24 bits per heavy atom. The number of amides is 1. The number of likely N-dealkylation sites (tertiary alicyclic amines) is 1. The second kappa shape index (κ2) is 10.4. The number of rotatable bonds is 9. The minimum absolute atomic E-state index is 0.161. The average Bonchev–Trinajstić information content (AvgIpc) is 3.20. The van der Waals surface area contributed by atoms with Crippen LogP contribution in [0.2, 0.25) is 0 Å². The maximum atomic E-state index is 12.2. The molecule has 1 saturated heterocycles. The molecule has 1 aromatic carbocycles. The summed E-state index contributed by atoms with van der Waals surface area (Å²) in [5.74, 6) is 0.758. The van der Waals surface area contributed by atoms with Crippen LogP contribution in [0, 0.1) is 0 Å². The number of nitrogens with one attached hydrogen (secondary N) is 1. The predicted octanol–water partition coefficient (Wildman–Crippen LogP) is 1.81. The van der Waals surface area contributed by atoms with Gasteiger partial charge < -0.3 is 15.0 Å². The molecule has 1 aliphatic heterocycles. The molecule has 1 amide bonds. The highest BCUT2D eigenvalue weighted by atomic mass is 16.5. The van der Waals surface area contributed by atoms with Crippen molar-refractivity contribution in [2.24, 2.45) is 0 Å². The quantitative estimate of drug-likeness (QED) is 0.692. The number of carbonyl (C=O) groups is 1. The molecule has 0 aliphatic carbocycles. The fourth-order valence-electron chi connectivity index (χ4n) is 3.50. The molecule has 1 aromatic heterocycles. The Labute approximate surface area is 172 Å². The molecule has 0 spiro atoms. The lowest BCUT2D eigenvalue weighted by Gasteiger charge is -2.31. The van der Waals surface area contributed by atoms with Crippen LogP contribution < -0.4 is 10.1 Å². The van der Waals surface area contributed by atoms with Crippen LogP contribution in [0.3, 0.4) is 0 Å². The summed E-state index contributed by atoms with van der Waals surface area (Å²) in [5.41, 5.74) is 1.69. The number of hydrogen-bond acceptors (Lipinski definition) is 6. The van der Waals surface area contributed by atoms with Gasteiger partial charge in [-0.2, -0.15) is 0 Å². The maximum absolute atomic E-state index is 12.2. The first kappa shape index (κ1) is 21.3. The van der Waals surface area contributed by atoms with Gasteiger partial charge in [0.1, 0.15) is 5.75 Å². The van der Waals surface area contributed by atoms with Gasteiger partial charge in [-0.25, -0.2) is 4.68 Å². The van der Waals surface area contributed by atoms with Gasteiger partial charge in [-0.3, -0.25) is 9.69 Å². The van der Waals surface area contributed by atoms with E-state index in [1.165, 1.54) is 5.56 Å². The monoisotopic (exact) mass is 400 g/mol. The van der Waals surface area contributed by atoms with Crippen molar-refractivity contribution in [2.45, 2.75) is 32.4 Å². The van der Waals surface area contributed by atoms with Crippen LogP contribution in [0.1, 0.15) is 41.9 Å². The topological polar surface area (TPSA) is 75.5 Å². The fourth-order valence-corrected chi connectivity index (χ4v) is 3.50. The molecule has 158 valence electrons. The van der Waals surface area contributed by atoms with E-state index in [-0.39, 0.29) is 5.91 Å². The largest absolute Gasteiger partial charge is 0.494 e. The first-order valence-electron chi connectivity index (χ1n) is 10.3. The van der Waals surface area contributed by atoms with Gasteiger partial charge in [0.25, 0.3) is 5.91 Å². The number of benzene rings is 1. The van der Waals surface area contributed by atoms with Gasteiger partial charge in [-0.15, -0.1) is 5.10 Å². The Kier molecular flexibility index (Phi) is 7.60. The van der Waals surface area contributed by atoms with Crippen LogP contribution >= 0.6 is 0 Å². The number of likely N-dealkylation sites (N-methyl/N-ethyl adjacent to an activating group) is 1. The number of carbonyl (C=O) groups excluding carboxylic acids is 1. The summed E-state index contributed by atoms with van der Waals surface area (Å²) < 4.78 is 7.36. The van der Waals surface area contributed by atoms with Crippen molar-refractivity contribution in [3.8, 4) is 5.75 Å². The molecule has 2 aromatic rings. The Morgan fingerprint density at radius 2 is 1.97 bits per heavy atom. The molecule has 3 rings (SSSR count). The van der Waals surface area contributed by atoms with Crippen molar-refractivity contribution in [1.82, 2.24) is 30.1 Å². The summed E-state index contributed by atoms with van der Waals surface area (Å²) in [6.07, 6.45) is 3.78. The first-order valence-corrected chi connectivity index (χ1v) is 10.3. The van der Waals surface area contributed by atoms with Gasteiger partial charge >= 0.3 is 0 Å². The first-order chi connectivity index (χ1) is 14.0. The number of aromatic nitrogens is 3. The summed E-state index contributed by atoms with van der Waals surface area (Å²) in [7, 11) is 3.95. The van der Waals surface area contributed by atoms with E-state index in [4.69, 9.17) is 4.74 Å². The molecule has 1 N–H and O–H groups in total. The minimum Gasteiger partial charge on any atom is -0.494 e. The van der Waals surface area contributed by atoms with Gasteiger partial charge in [-0.05, 0) is 51.6 Å². The van der Waals surface area contributed by atoms with Gasteiger partial charge in [-0.1, -0.05) is 17.3 Å². The molecule has 8 heteroatoms. The van der Waals surface area contributed by atoms with Gasteiger partial charge in [0.2, 0.25) is 0 Å². The number of nitrogens with zero attached hydrogens (tertiary/aromatic N) is 5. The summed E-state index contributed by atoms with van der Waals surface area (Å²) in [5, 5.41) is 11.1. The molecule has 8 nitrogen and oxygen atoms in total. The molecule has 2 heterocycles. The second-order valence-corrected chi connectivity index (χ2v) is 7.73. The Hall–Kier alpha value is -2.45. The summed E-state index contributed by atoms with van der Waals surface area (Å²) in [6, 6.07) is 8.63. The van der Waals surface area contributed by atoms with E-state index < -0.39 is 0 Å². The molecular formula is C21H32N6O2. The van der Waals surface area contributed by atoms with Crippen molar-refractivity contribution < 1.29 is 9.53 Å². The zero-order valence-corrected chi connectivity index (χ0v) is 17.7. The molecule has 0 atom stereocenters. The van der Waals surface area contributed by atoms with Crippen molar-refractivity contribution in [1.29, 1.82) is 0 Å². The zero-order chi connectivity index (χ0) is 20.6. The maximum Gasteiger partial charge on any atom is 0.273 e. The summed E-state index contributed by atoms with van der Waals surface area (Å²) in [6.45, 7) is 7.03. The molecule has 1 aliphatic rings. The summed E-state index contributed by atoms with van der Waals surface area (Å²) in [4.78, 5) is 16.7. The standard InChI is InChI=1S/C21H32N6O2/c1-4-29-19-7-5-17(6-8-19)15-26-12-9-18(10-13-26)27-16-20(23-24-27)21(28)22-11-14-25(2)3/h5-8,16,18H,4,9-15H2,1-3H3,(H,22,28). The molecule has 0 saturated carbocycles. The van der Waals surface area contributed by atoms with Crippen LogP contribution in [0.25, 0.3) is 0 Å². The third kappa shape index (κ3) is 6.27. The zero-order valence-electron chi connectivity index (χ0n) is 17.7. The molecule has 29 heavy (non-hydrogen) atoms. The molecular weight excluding hydrogens is 368 g/mol. The molecule has 0 bridgehead atoms. The van der Waals surface area contributed by atoms with Crippen molar-refractivity contribution in [3.63, 3.8) is 0 Å². The van der Waals surface area contributed by atoms with Gasteiger partial charge in [0, 0.05) is 32.7 Å². The third-order valence-corrected chi connectivity index (χ3v) is 5.16. The lowest BCUT2D eigenvalue weighted by atomic mass is 10.0. The van der Waals surface area contributed by atoms with E-state index in [2.05, 4.69) is 32.7 Å². The third-order valence-electron chi connectivity index (χ3n) is 5.16. The van der Waals surface area contributed by atoms with Gasteiger partial charge in [0.05, 0.1) is 18.8 Å². The fraction of sp³-hybridized carbons (Fsp3) is 0.571. The van der Waals surface area contributed by atoms with Crippen molar-refractivity contribution in [2.75, 3.05) is 46.9 Å². The van der Waals surface area contributed by atoms with Crippen LogP contribution in [0.5, 0.6) is 5.75 Å². The smallest absolute Gasteiger partial charge is 0.273 e. The Morgan fingerprint density at radius 3 is 2.62 bits per heavy atom. The van der Waals surface area contributed by atoms with Crippen LogP contribution in [-0.4, -0.2) is 77.6 Å². The highest BCUT2D eigenvalue weighted by molar-refractivity contribution is 5.91. The SMILES string of the molecule is CCOc1ccc(CN2CCC(n3cc(C(=O)NCCN(C)C)nn3)CC2)cc1. The van der Waals surface area contributed by atoms with Crippen molar-refractivity contribution >= 4 is 5.91 Å². The van der Waals surface area contributed by atoms with Gasteiger partial charge in [0.15, 0.2) is 5.69 Å². The number of piperidine rings is 1. The van der Waals surface area contributed by atoms with Crippen LogP contribution in [-0.2, 0) is 6.54 Å². The van der Waals surface area contributed by atoms with E-state index in [0.717, 1.165) is 44.8 Å². The lowest BCUT2D eigenvalue weighted by Crippen LogP contribution is -2.34. The lowest BCUT2D eigenvalue weighted by molar-refractivity contribution is 0.0946. The van der Waals surface area contributed by atoms with E-state index >= 15 is 0 Å². The molecule has 0 radical (unpaired) electrons. The number of hydrogen-bond donors (Lipinski definition) is 1. The summed E-state index contributed by atoms with van der Waals surface area (Å²) >= 11 is 0. The van der Waals surface area contributed by atoms with E-state index in [0.29, 0.717) is 24.9 Å². The molecule has 0 unspecified atom stereocenters. The second-order valence-electron chi connectivity index (χ2n) is 7.73. The van der Waals surface area contributed by atoms with Crippen molar-refractivity contribution in [3.05, 3.63) is 41.7 Å². The highest BCUT2D eigenvalue weighted by Gasteiger charge is 2.22. The average molecular weight is 401 g/mol. The normalized spacial score (nSPS) is 15.6. The van der Waals surface area contributed by atoms with Crippen LogP contribution in [0.15, 0.2) is 30.5 Å². The molecule has 1 fully saturated rings. The number of ether oxygens (including phenoxy) is 1. The van der Waals surface area contributed by atoms with E-state index in [1.807, 2.05) is 42.7 Å². The predicted molar refractivity (Wildman–Crippen MR) is 112 cm³/mol. The Bertz CT molecular complexity index is 766. The van der Waals surface area contributed by atoms with E-state index in [1.54, 1.807) is 6.20 Å². The van der Waals surface area contributed by atoms with Crippen LogP contribution in [0.4, 0.5) is 0 Å². The highest BCUT2D eigenvalue weighted by Crippen LogP contribution is 2.23.